The predicted octanol–water partition coefficient (Wildman–Crippen LogP) is 4.22. The Morgan fingerprint density at radius 2 is 1.66 bits per heavy atom. The minimum Gasteiger partial charge on any atom is -0.494 e. The fraction of sp³-hybridized carbons (Fsp3) is 0.269. The summed E-state index contributed by atoms with van der Waals surface area (Å²) in [6.45, 7) is 2.82. The third-order valence-corrected chi connectivity index (χ3v) is 6.73. The first kappa shape index (κ1) is 25.9. The van der Waals surface area contributed by atoms with Crippen LogP contribution in [-0.4, -0.2) is 53.6 Å². The Hall–Kier alpha value is -3.72. The minimum atomic E-state index is -3.82. The van der Waals surface area contributed by atoms with Crippen LogP contribution in [0.3, 0.4) is 0 Å². The molecule has 0 radical (unpaired) electrons. The monoisotopic (exact) mass is 498 g/mol. The molecule has 9 heteroatoms. The van der Waals surface area contributed by atoms with Gasteiger partial charge in [-0.2, -0.15) is 0 Å². The molecule has 0 heterocycles. The van der Waals surface area contributed by atoms with Gasteiger partial charge in [0.1, 0.15) is 5.75 Å². The van der Waals surface area contributed by atoms with E-state index in [1.807, 2.05) is 25.1 Å². The predicted molar refractivity (Wildman–Crippen MR) is 135 cm³/mol. The van der Waals surface area contributed by atoms with Crippen LogP contribution in [0.15, 0.2) is 71.6 Å². The first-order valence-electron chi connectivity index (χ1n) is 11.1. The zero-order chi connectivity index (χ0) is 25.4. The van der Waals surface area contributed by atoms with Crippen molar-refractivity contribution in [3.8, 4) is 17.2 Å². The van der Waals surface area contributed by atoms with Crippen LogP contribution in [0.5, 0.6) is 17.2 Å². The average molecular weight is 499 g/mol. The van der Waals surface area contributed by atoms with Gasteiger partial charge in [0.25, 0.3) is 15.9 Å². The van der Waals surface area contributed by atoms with E-state index in [0.29, 0.717) is 48.1 Å². The van der Waals surface area contributed by atoms with Crippen LogP contribution in [0.4, 0.5) is 5.69 Å². The van der Waals surface area contributed by atoms with Crippen molar-refractivity contribution in [2.75, 3.05) is 39.1 Å². The van der Waals surface area contributed by atoms with Crippen molar-refractivity contribution in [2.24, 2.45) is 0 Å². The van der Waals surface area contributed by atoms with Gasteiger partial charge in [-0.1, -0.05) is 12.1 Å². The molecule has 0 fully saturated rings. The maximum Gasteiger partial charge on any atom is 0.261 e. The highest BCUT2D eigenvalue weighted by atomic mass is 32.2. The smallest absolute Gasteiger partial charge is 0.261 e. The summed E-state index contributed by atoms with van der Waals surface area (Å²) in [6.07, 6.45) is 0.618. The van der Waals surface area contributed by atoms with Gasteiger partial charge >= 0.3 is 0 Å². The molecule has 3 aromatic rings. The Labute approximate surface area is 206 Å². The molecule has 0 saturated carbocycles. The SMILES string of the molecule is CCOc1ccc(S(=O)(=O)Nc2cccc(C(=O)N(C)CCc3ccc(OC)c(OC)c3)c2)cc1. The number of nitrogens with one attached hydrogen (secondary N) is 1. The summed E-state index contributed by atoms with van der Waals surface area (Å²) >= 11 is 0. The van der Waals surface area contributed by atoms with E-state index < -0.39 is 10.0 Å². The summed E-state index contributed by atoms with van der Waals surface area (Å²) in [5.74, 6) is 1.65. The molecule has 0 aliphatic rings. The number of hydrogen-bond acceptors (Lipinski definition) is 6. The number of nitrogens with zero attached hydrogens (tertiary/aromatic N) is 1. The van der Waals surface area contributed by atoms with E-state index in [0.717, 1.165) is 5.56 Å². The molecule has 0 aliphatic carbocycles. The number of sulfonamides is 1. The molecule has 0 unspecified atom stereocenters. The van der Waals surface area contributed by atoms with Crippen molar-refractivity contribution in [1.82, 2.24) is 4.90 Å². The maximum absolute atomic E-state index is 13.0. The molecule has 186 valence electrons. The van der Waals surface area contributed by atoms with Crippen molar-refractivity contribution in [2.45, 2.75) is 18.2 Å². The Morgan fingerprint density at radius 3 is 2.31 bits per heavy atom. The van der Waals surface area contributed by atoms with Gasteiger partial charge in [0.15, 0.2) is 11.5 Å². The number of carbonyl (C=O) groups is 1. The molecule has 0 aliphatic heterocycles. The summed E-state index contributed by atoms with van der Waals surface area (Å²) in [7, 11) is 1.05. The van der Waals surface area contributed by atoms with E-state index in [4.69, 9.17) is 14.2 Å². The standard InChI is InChI=1S/C26H30N2O6S/c1-5-34-22-10-12-23(13-11-22)35(30,31)27-21-8-6-7-20(18-21)26(29)28(2)16-15-19-9-14-24(32-3)25(17-19)33-4/h6-14,17-18,27H,5,15-16H2,1-4H3. The van der Waals surface area contributed by atoms with Crippen molar-refractivity contribution >= 4 is 21.6 Å². The second-order valence-electron chi connectivity index (χ2n) is 7.76. The third kappa shape index (κ3) is 6.66. The number of likely N-dealkylation sites (N-methyl/N-ethyl adjacent to an activating group) is 1. The Bertz CT molecular complexity index is 1260. The lowest BCUT2D eigenvalue weighted by molar-refractivity contribution is 0.0796. The van der Waals surface area contributed by atoms with Gasteiger partial charge in [-0.3, -0.25) is 9.52 Å². The largest absolute Gasteiger partial charge is 0.494 e. The fourth-order valence-corrected chi connectivity index (χ4v) is 4.52. The van der Waals surface area contributed by atoms with Gasteiger partial charge < -0.3 is 19.1 Å². The van der Waals surface area contributed by atoms with Crippen LogP contribution in [0.1, 0.15) is 22.8 Å². The van der Waals surface area contributed by atoms with Crippen LogP contribution in [-0.2, 0) is 16.4 Å². The lowest BCUT2D eigenvalue weighted by Gasteiger charge is -2.18. The quantitative estimate of drug-likeness (QED) is 0.426. The van der Waals surface area contributed by atoms with Gasteiger partial charge in [-0.05, 0) is 73.5 Å². The van der Waals surface area contributed by atoms with Gasteiger partial charge in [0.2, 0.25) is 0 Å². The Morgan fingerprint density at radius 1 is 0.943 bits per heavy atom. The van der Waals surface area contributed by atoms with Gasteiger partial charge in [0.05, 0.1) is 25.7 Å². The molecular weight excluding hydrogens is 468 g/mol. The number of anilines is 1. The van der Waals surface area contributed by atoms with Crippen LogP contribution in [0.2, 0.25) is 0 Å². The van der Waals surface area contributed by atoms with Crippen molar-refractivity contribution in [1.29, 1.82) is 0 Å². The number of ether oxygens (including phenoxy) is 3. The summed E-state index contributed by atoms with van der Waals surface area (Å²) in [5, 5.41) is 0. The van der Waals surface area contributed by atoms with E-state index in [-0.39, 0.29) is 10.8 Å². The molecule has 1 N–H and O–H groups in total. The fourth-order valence-electron chi connectivity index (χ4n) is 3.47. The number of methoxy groups -OCH3 is 2. The highest BCUT2D eigenvalue weighted by molar-refractivity contribution is 7.92. The molecule has 8 nitrogen and oxygen atoms in total. The zero-order valence-electron chi connectivity index (χ0n) is 20.3. The van der Waals surface area contributed by atoms with Crippen LogP contribution in [0.25, 0.3) is 0 Å². The highest BCUT2D eigenvalue weighted by Crippen LogP contribution is 2.28. The van der Waals surface area contributed by atoms with Crippen LogP contribution in [0, 0.1) is 0 Å². The number of hydrogen-bond donors (Lipinski definition) is 1. The van der Waals surface area contributed by atoms with Gasteiger partial charge in [-0.15, -0.1) is 0 Å². The zero-order valence-corrected chi connectivity index (χ0v) is 21.1. The van der Waals surface area contributed by atoms with Crippen molar-refractivity contribution < 1.29 is 27.4 Å². The molecule has 0 aromatic heterocycles. The maximum atomic E-state index is 13.0. The Balaban J connectivity index is 1.66. The summed E-state index contributed by atoms with van der Waals surface area (Å²) in [5.41, 5.74) is 1.68. The lowest BCUT2D eigenvalue weighted by atomic mass is 10.1. The molecule has 1 amide bonds. The van der Waals surface area contributed by atoms with E-state index in [1.165, 1.54) is 18.2 Å². The molecular formula is C26H30N2O6S. The number of benzene rings is 3. The number of rotatable bonds is 11. The first-order valence-corrected chi connectivity index (χ1v) is 12.6. The van der Waals surface area contributed by atoms with Crippen LogP contribution < -0.4 is 18.9 Å². The van der Waals surface area contributed by atoms with E-state index in [9.17, 15) is 13.2 Å². The van der Waals surface area contributed by atoms with Gasteiger partial charge in [-0.25, -0.2) is 8.42 Å². The molecule has 35 heavy (non-hydrogen) atoms. The number of amides is 1. The lowest BCUT2D eigenvalue weighted by Crippen LogP contribution is -2.29. The van der Waals surface area contributed by atoms with Crippen molar-refractivity contribution in [3.63, 3.8) is 0 Å². The second-order valence-corrected chi connectivity index (χ2v) is 9.44. The van der Waals surface area contributed by atoms with Gasteiger partial charge in [0, 0.05) is 24.8 Å². The third-order valence-electron chi connectivity index (χ3n) is 5.34. The van der Waals surface area contributed by atoms with Crippen molar-refractivity contribution in [3.05, 3.63) is 77.9 Å². The molecule has 0 saturated heterocycles. The summed E-state index contributed by atoms with van der Waals surface area (Å²) < 4.78 is 44.0. The molecule has 0 bridgehead atoms. The average Bonchev–Trinajstić information content (AvgIpc) is 2.87. The summed E-state index contributed by atoms with van der Waals surface area (Å²) in [6, 6.07) is 18.2. The van der Waals surface area contributed by atoms with E-state index >= 15 is 0 Å². The van der Waals surface area contributed by atoms with Crippen LogP contribution >= 0.6 is 0 Å². The second kappa shape index (κ2) is 11.6. The molecule has 3 aromatic carbocycles. The Kier molecular flexibility index (Phi) is 8.59. The molecule has 0 atom stereocenters. The number of carbonyl (C=O) groups excluding carboxylic acids is 1. The molecule has 3 rings (SSSR count). The van der Waals surface area contributed by atoms with E-state index in [2.05, 4.69) is 4.72 Å². The van der Waals surface area contributed by atoms with E-state index in [1.54, 1.807) is 56.5 Å². The first-order chi connectivity index (χ1) is 16.8. The highest BCUT2D eigenvalue weighted by Gasteiger charge is 2.17. The normalized spacial score (nSPS) is 11.0. The topological polar surface area (TPSA) is 94.2 Å². The minimum absolute atomic E-state index is 0.102. The summed E-state index contributed by atoms with van der Waals surface area (Å²) in [4.78, 5) is 14.7. The molecule has 0 spiro atoms.